The van der Waals surface area contributed by atoms with Gasteiger partial charge in [0.15, 0.2) is 0 Å². The van der Waals surface area contributed by atoms with Crippen LogP contribution in [0.15, 0.2) is 17.8 Å². The number of fused-ring (bicyclic) bond motifs is 1. The van der Waals surface area contributed by atoms with Gasteiger partial charge in [0.2, 0.25) is 5.82 Å². The summed E-state index contributed by atoms with van der Waals surface area (Å²) in [5.74, 6) is -0.862. The van der Waals surface area contributed by atoms with Gasteiger partial charge < -0.3 is 0 Å². The van der Waals surface area contributed by atoms with Crippen molar-refractivity contribution in [3.8, 4) is 0 Å². The molecule has 0 aliphatic carbocycles. The summed E-state index contributed by atoms with van der Waals surface area (Å²) < 4.78 is 37.5. The van der Waals surface area contributed by atoms with Gasteiger partial charge in [0.1, 0.15) is 4.83 Å². The second-order valence-electron chi connectivity index (χ2n) is 2.19. The van der Waals surface area contributed by atoms with Crippen LogP contribution in [0.1, 0.15) is 5.82 Å². The van der Waals surface area contributed by atoms with Crippen molar-refractivity contribution in [1.82, 2.24) is 9.38 Å². The average molecular weight is 192 g/mol. The minimum Gasteiger partial charge on any atom is -0.287 e. The maximum Gasteiger partial charge on any atom is 0.450 e. The number of thiazole rings is 1. The Hall–Kier alpha value is -1.04. The molecule has 6 heteroatoms. The molecule has 0 bridgehead atoms. The molecule has 0 aromatic carbocycles. The quantitative estimate of drug-likeness (QED) is 0.626. The Balaban J connectivity index is 2.69. The van der Waals surface area contributed by atoms with Gasteiger partial charge in [-0.15, -0.1) is 11.3 Å². The molecule has 2 rings (SSSR count). The number of rotatable bonds is 0. The van der Waals surface area contributed by atoms with E-state index in [4.69, 9.17) is 0 Å². The van der Waals surface area contributed by atoms with E-state index >= 15 is 0 Å². The Morgan fingerprint density at radius 2 is 2.17 bits per heavy atom. The van der Waals surface area contributed by atoms with Crippen molar-refractivity contribution >= 4 is 16.2 Å². The molecule has 0 unspecified atom stereocenters. The van der Waals surface area contributed by atoms with Gasteiger partial charge in [-0.1, -0.05) is 0 Å². The molecule has 2 aromatic heterocycles. The van der Waals surface area contributed by atoms with Crippen molar-refractivity contribution in [3.05, 3.63) is 23.6 Å². The smallest absolute Gasteiger partial charge is 0.287 e. The fourth-order valence-electron chi connectivity index (χ4n) is 0.947. The van der Waals surface area contributed by atoms with Crippen LogP contribution in [0.25, 0.3) is 4.83 Å². The lowest BCUT2D eigenvalue weighted by atomic mass is 10.6. The van der Waals surface area contributed by atoms with Crippen molar-refractivity contribution < 1.29 is 13.2 Å². The molecule has 0 aliphatic rings. The van der Waals surface area contributed by atoms with Crippen LogP contribution >= 0.6 is 11.3 Å². The maximum absolute atomic E-state index is 12.1. The summed E-state index contributed by atoms with van der Waals surface area (Å²) in [7, 11) is 0. The first-order valence-corrected chi connectivity index (χ1v) is 3.95. The predicted molar refractivity (Wildman–Crippen MR) is 38.1 cm³/mol. The molecule has 0 fully saturated rings. The highest BCUT2D eigenvalue weighted by molar-refractivity contribution is 7.15. The topological polar surface area (TPSA) is 17.3 Å². The Kier molecular flexibility index (Phi) is 1.41. The number of hydrogen-bond donors (Lipinski definition) is 0. The summed E-state index contributed by atoms with van der Waals surface area (Å²) in [6.07, 6.45) is -1.79. The number of hydrogen-bond acceptors (Lipinski definition) is 2. The van der Waals surface area contributed by atoms with Crippen LogP contribution in [0.2, 0.25) is 0 Å². The minimum absolute atomic E-state index is 0.502. The molecule has 0 saturated carbocycles. The normalized spacial score (nSPS) is 12.6. The summed E-state index contributed by atoms with van der Waals surface area (Å²) >= 11 is 1.22. The van der Waals surface area contributed by atoms with Gasteiger partial charge in [0.25, 0.3) is 0 Å². The van der Waals surface area contributed by atoms with Crippen LogP contribution in [0, 0.1) is 0 Å². The highest BCUT2D eigenvalue weighted by atomic mass is 32.1. The Labute approximate surface area is 69.3 Å². The molecule has 0 amide bonds. The van der Waals surface area contributed by atoms with Crippen LogP contribution in [0.3, 0.4) is 0 Å². The number of nitrogens with zero attached hydrogens (tertiary/aromatic N) is 2. The fraction of sp³-hybridized carbons (Fsp3) is 0.167. The standard InChI is InChI=1S/C6H3F3N2S/c7-6(8,9)5-10-3-4-11(5)1-2-12-4/h1-3H. The monoisotopic (exact) mass is 192 g/mol. The van der Waals surface area contributed by atoms with Crippen LogP contribution in [0.4, 0.5) is 13.2 Å². The lowest BCUT2D eigenvalue weighted by Crippen LogP contribution is -2.09. The summed E-state index contributed by atoms with van der Waals surface area (Å²) in [5, 5.41) is 1.59. The van der Waals surface area contributed by atoms with E-state index < -0.39 is 12.0 Å². The molecule has 2 nitrogen and oxygen atoms in total. The van der Waals surface area contributed by atoms with E-state index in [1.54, 1.807) is 5.38 Å². The largest absolute Gasteiger partial charge is 0.450 e. The Bertz CT molecular complexity index is 400. The molecule has 2 heterocycles. The first-order chi connectivity index (χ1) is 5.59. The number of alkyl halides is 3. The Morgan fingerprint density at radius 1 is 1.42 bits per heavy atom. The van der Waals surface area contributed by atoms with Crippen LogP contribution in [-0.4, -0.2) is 9.38 Å². The third-order valence-corrected chi connectivity index (χ3v) is 2.22. The molecular formula is C6H3F3N2S. The highest BCUT2D eigenvalue weighted by Gasteiger charge is 2.35. The van der Waals surface area contributed by atoms with Gasteiger partial charge >= 0.3 is 6.18 Å². The number of imidazole rings is 1. The number of halogens is 3. The van der Waals surface area contributed by atoms with E-state index in [2.05, 4.69) is 4.98 Å². The predicted octanol–water partition coefficient (Wildman–Crippen LogP) is 2.41. The average Bonchev–Trinajstić information content (AvgIpc) is 2.37. The van der Waals surface area contributed by atoms with Crippen molar-refractivity contribution in [2.75, 3.05) is 0 Å². The van der Waals surface area contributed by atoms with E-state index in [0.29, 0.717) is 4.83 Å². The van der Waals surface area contributed by atoms with E-state index in [-0.39, 0.29) is 0 Å². The second kappa shape index (κ2) is 2.22. The third kappa shape index (κ3) is 0.989. The van der Waals surface area contributed by atoms with E-state index in [0.717, 1.165) is 4.40 Å². The zero-order chi connectivity index (χ0) is 8.77. The molecule has 0 saturated heterocycles. The van der Waals surface area contributed by atoms with Crippen LogP contribution < -0.4 is 0 Å². The van der Waals surface area contributed by atoms with Gasteiger partial charge in [-0.2, -0.15) is 13.2 Å². The molecule has 64 valence electrons. The van der Waals surface area contributed by atoms with Crippen molar-refractivity contribution in [3.63, 3.8) is 0 Å². The van der Waals surface area contributed by atoms with Crippen LogP contribution in [0.5, 0.6) is 0 Å². The van der Waals surface area contributed by atoms with Gasteiger partial charge in [0, 0.05) is 11.6 Å². The van der Waals surface area contributed by atoms with E-state index in [1.165, 1.54) is 23.7 Å². The molecule has 0 atom stereocenters. The van der Waals surface area contributed by atoms with E-state index in [1.807, 2.05) is 0 Å². The lowest BCUT2D eigenvalue weighted by molar-refractivity contribution is -0.145. The van der Waals surface area contributed by atoms with Gasteiger partial charge in [-0.25, -0.2) is 4.98 Å². The molecular weight excluding hydrogens is 189 g/mol. The molecule has 2 aromatic rings. The molecule has 0 aliphatic heterocycles. The Morgan fingerprint density at radius 3 is 2.83 bits per heavy atom. The summed E-state index contributed by atoms with van der Waals surface area (Å²) in [5.41, 5.74) is 0. The molecule has 0 spiro atoms. The highest BCUT2D eigenvalue weighted by Crippen LogP contribution is 2.29. The van der Waals surface area contributed by atoms with Crippen molar-refractivity contribution in [2.24, 2.45) is 0 Å². The van der Waals surface area contributed by atoms with Gasteiger partial charge in [-0.3, -0.25) is 4.40 Å². The SMILES string of the molecule is FC(F)(F)c1ncc2sccn12. The zero-order valence-electron chi connectivity index (χ0n) is 5.67. The minimum atomic E-state index is -4.37. The fourth-order valence-corrected chi connectivity index (χ4v) is 1.64. The molecule has 12 heavy (non-hydrogen) atoms. The lowest BCUT2D eigenvalue weighted by Gasteiger charge is -2.01. The van der Waals surface area contributed by atoms with Crippen LogP contribution in [-0.2, 0) is 6.18 Å². The summed E-state index contributed by atoms with van der Waals surface area (Å²) in [6, 6.07) is 0. The van der Waals surface area contributed by atoms with E-state index in [9.17, 15) is 13.2 Å². The van der Waals surface area contributed by atoms with Gasteiger partial charge in [-0.05, 0) is 0 Å². The second-order valence-corrected chi connectivity index (χ2v) is 3.12. The molecule has 0 radical (unpaired) electrons. The third-order valence-electron chi connectivity index (χ3n) is 1.42. The van der Waals surface area contributed by atoms with Gasteiger partial charge in [0.05, 0.1) is 6.20 Å². The molecule has 0 N–H and O–H groups in total. The first kappa shape index (κ1) is 7.60. The summed E-state index contributed by atoms with van der Waals surface area (Å²) in [4.78, 5) is 3.78. The number of aromatic nitrogens is 2. The summed E-state index contributed by atoms with van der Waals surface area (Å²) in [6.45, 7) is 0. The van der Waals surface area contributed by atoms with Crippen molar-refractivity contribution in [2.45, 2.75) is 6.18 Å². The maximum atomic E-state index is 12.1. The van der Waals surface area contributed by atoms with Crippen molar-refractivity contribution in [1.29, 1.82) is 0 Å². The first-order valence-electron chi connectivity index (χ1n) is 3.07. The zero-order valence-corrected chi connectivity index (χ0v) is 6.49.